The van der Waals surface area contributed by atoms with Crippen LogP contribution in [0.15, 0.2) is 11.6 Å². The smallest absolute Gasteiger partial charge is 0.128 e. The number of hydrogen-bond donors (Lipinski definition) is 2. The molecule has 5 aliphatic carbocycles. The summed E-state index contributed by atoms with van der Waals surface area (Å²) in [4.78, 5) is 25.0. The minimum Gasteiger partial charge on any atom is -0.549 e. The van der Waals surface area contributed by atoms with Crippen molar-refractivity contribution in [2.24, 2.45) is 50.2 Å². The molecule has 0 saturated heterocycles. The fourth-order valence-corrected chi connectivity index (χ4v) is 10.6. The highest BCUT2D eigenvalue weighted by molar-refractivity contribution is 5.75. The topological polar surface area (TPSA) is 97.7 Å². The number of hydrogen-bond acceptors (Lipinski definition) is 5. The highest BCUT2D eigenvalue weighted by atomic mass is 16.4. The third-order valence-corrected chi connectivity index (χ3v) is 13.0. The minimum absolute atomic E-state index is 0.0229. The number of carboxylic acid groups (broad SMARTS) is 1. The number of aliphatic hydroxyl groups excluding tert-OH is 2. The second-order valence-corrected chi connectivity index (χ2v) is 14.8. The molecule has 10 atom stereocenters. The average molecular weight is 486 g/mol. The van der Waals surface area contributed by atoms with Crippen LogP contribution in [0.2, 0.25) is 0 Å². The van der Waals surface area contributed by atoms with Gasteiger partial charge in [0.1, 0.15) is 6.29 Å². The lowest BCUT2D eigenvalue weighted by Gasteiger charge is -2.71. The first-order chi connectivity index (χ1) is 16.1. The predicted molar refractivity (Wildman–Crippen MR) is 132 cm³/mol. The van der Waals surface area contributed by atoms with Crippen LogP contribution in [0.4, 0.5) is 0 Å². The summed E-state index contributed by atoms with van der Waals surface area (Å²) in [5.41, 5.74) is -1.18. The number of aliphatic carboxylic acids is 1. The molecule has 4 fully saturated rings. The SMILES string of the molecule is CC1(C)CC[C@]2(C(=O)[O-])[C@H](O)C[C@]3(C)C(=CC[C@@H]4[C@@]5(C)CC[C@H](O)[C@@](C)(C=O)[C@@H]5CC[C@]43C)[C@@H]2C1. The molecule has 35 heavy (non-hydrogen) atoms. The molecule has 2 N–H and O–H groups in total. The normalized spacial score (nSPS) is 54.9. The van der Waals surface area contributed by atoms with Gasteiger partial charge >= 0.3 is 0 Å². The summed E-state index contributed by atoms with van der Waals surface area (Å²) in [5.74, 6) is -0.855. The van der Waals surface area contributed by atoms with Crippen LogP contribution < -0.4 is 5.11 Å². The zero-order chi connectivity index (χ0) is 25.8. The summed E-state index contributed by atoms with van der Waals surface area (Å²) >= 11 is 0. The molecule has 0 aromatic heterocycles. The van der Waals surface area contributed by atoms with Crippen molar-refractivity contribution in [1.29, 1.82) is 0 Å². The lowest BCUT2D eigenvalue weighted by molar-refractivity contribution is -0.333. The first-order valence-corrected chi connectivity index (χ1v) is 13.9. The van der Waals surface area contributed by atoms with Gasteiger partial charge in [0.2, 0.25) is 0 Å². The molecule has 5 heteroatoms. The lowest BCUT2D eigenvalue weighted by atomic mass is 9.33. The molecule has 0 unspecified atom stereocenters. The van der Waals surface area contributed by atoms with Crippen LogP contribution in [0, 0.1) is 50.2 Å². The molecule has 0 aliphatic heterocycles. The Morgan fingerprint density at radius 1 is 0.943 bits per heavy atom. The first kappa shape index (κ1) is 25.4. The van der Waals surface area contributed by atoms with Crippen molar-refractivity contribution in [2.75, 3.05) is 0 Å². The van der Waals surface area contributed by atoms with Crippen LogP contribution in [0.25, 0.3) is 0 Å². The van der Waals surface area contributed by atoms with E-state index in [0.717, 1.165) is 44.8 Å². The number of carboxylic acids is 1. The lowest BCUT2D eigenvalue weighted by Crippen LogP contribution is -2.69. The maximum absolute atomic E-state index is 12.7. The van der Waals surface area contributed by atoms with E-state index in [1.54, 1.807) is 0 Å². The molecular formula is C30H45O5-. The van der Waals surface area contributed by atoms with Crippen molar-refractivity contribution in [3.63, 3.8) is 0 Å². The standard InChI is InChI=1S/C30H46O5/c1-25(2)13-14-30(24(34)35)19(15-25)18-7-8-21-26(3)11-10-22(32)27(4,17-31)20(26)9-12-28(21,5)29(18,6)16-23(30)33/h7,17,19-23,32-33H,8-16H2,1-6H3,(H,34,35)/p-1/t19-,20+,21+,22-,23+,26-,27-,28+,29+,30+/m0/s1. The molecule has 0 spiro atoms. The molecule has 0 bridgehead atoms. The number of allylic oxidation sites excluding steroid dienone is 2. The van der Waals surface area contributed by atoms with Crippen LogP contribution in [0.3, 0.4) is 0 Å². The number of rotatable bonds is 2. The fraction of sp³-hybridized carbons (Fsp3) is 0.867. The van der Waals surface area contributed by atoms with Gasteiger partial charge in [0, 0.05) is 5.41 Å². The molecule has 4 saturated carbocycles. The van der Waals surface area contributed by atoms with Crippen molar-refractivity contribution in [1.82, 2.24) is 0 Å². The van der Waals surface area contributed by atoms with E-state index < -0.39 is 29.0 Å². The Labute approximate surface area is 210 Å². The summed E-state index contributed by atoms with van der Waals surface area (Å²) in [6, 6.07) is 0. The third-order valence-electron chi connectivity index (χ3n) is 13.0. The number of carbonyl (C=O) groups excluding carboxylic acids is 2. The van der Waals surface area contributed by atoms with Gasteiger partial charge in [0.15, 0.2) is 0 Å². The van der Waals surface area contributed by atoms with E-state index >= 15 is 0 Å². The zero-order valence-corrected chi connectivity index (χ0v) is 22.5. The van der Waals surface area contributed by atoms with Gasteiger partial charge < -0.3 is 24.9 Å². The van der Waals surface area contributed by atoms with Crippen molar-refractivity contribution in [2.45, 2.75) is 112 Å². The molecule has 0 aromatic rings. The number of aliphatic hydroxyl groups is 2. The highest BCUT2D eigenvalue weighted by Crippen LogP contribution is 2.75. The predicted octanol–water partition coefficient (Wildman–Crippen LogP) is 4.05. The van der Waals surface area contributed by atoms with Crippen LogP contribution in [0.5, 0.6) is 0 Å². The Morgan fingerprint density at radius 3 is 2.26 bits per heavy atom. The molecule has 0 heterocycles. The van der Waals surface area contributed by atoms with E-state index in [9.17, 15) is 24.9 Å². The molecular weight excluding hydrogens is 440 g/mol. The first-order valence-electron chi connectivity index (χ1n) is 13.9. The van der Waals surface area contributed by atoms with Crippen LogP contribution in [-0.4, -0.2) is 34.7 Å². The van der Waals surface area contributed by atoms with Gasteiger partial charge in [-0.1, -0.05) is 53.2 Å². The minimum atomic E-state index is -1.20. The van der Waals surface area contributed by atoms with Gasteiger partial charge in [-0.05, 0) is 97.2 Å². The maximum atomic E-state index is 12.7. The van der Waals surface area contributed by atoms with E-state index in [1.165, 1.54) is 5.57 Å². The van der Waals surface area contributed by atoms with Crippen LogP contribution in [0.1, 0.15) is 99.3 Å². The van der Waals surface area contributed by atoms with E-state index in [0.29, 0.717) is 25.2 Å². The number of fused-ring (bicyclic) bond motifs is 7. The monoisotopic (exact) mass is 485 g/mol. The van der Waals surface area contributed by atoms with Crippen molar-refractivity contribution >= 4 is 12.3 Å². The molecule has 5 rings (SSSR count). The van der Waals surface area contributed by atoms with Gasteiger partial charge in [-0.2, -0.15) is 0 Å². The third kappa shape index (κ3) is 2.94. The van der Waals surface area contributed by atoms with Gasteiger partial charge in [0.05, 0.1) is 23.6 Å². The molecule has 5 aliphatic rings. The fourth-order valence-electron chi connectivity index (χ4n) is 10.6. The quantitative estimate of drug-likeness (QED) is 0.454. The van der Waals surface area contributed by atoms with Crippen molar-refractivity contribution in [3.05, 3.63) is 11.6 Å². The summed E-state index contributed by atoms with van der Waals surface area (Å²) in [5, 5.41) is 35.2. The zero-order valence-electron chi connectivity index (χ0n) is 22.5. The summed E-state index contributed by atoms with van der Waals surface area (Å²) < 4.78 is 0. The van der Waals surface area contributed by atoms with Gasteiger partial charge in [-0.25, -0.2) is 0 Å². The van der Waals surface area contributed by atoms with E-state index in [2.05, 4.69) is 40.7 Å². The summed E-state index contributed by atoms with van der Waals surface area (Å²) in [6.45, 7) is 13.4. The molecule has 0 aromatic carbocycles. The van der Waals surface area contributed by atoms with Crippen LogP contribution >= 0.6 is 0 Å². The Balaban J connectivity index is 1.63. The Morgan fingerprint density at radius 2 is 1.63 bits per heavy atom. The Kier molecular flexibility index (Phi) is 5.40. The van der Waals surface area contributed by atoms with Gasteiger partial charge in [0.25, 0.3) is 0 Å². The van der Waals surface area contributed by atoms with E-state index in [-0.39, 0.29) is 33.5 Å². The van der Waals surface area contributed by atoms with Crippen molar-refractivity contribution in [3.8, 4) is 0 Å². The highest BCUT2D eigenvalue weighted by Gasteiger charge is 2.70. The second-order valence-electron chi connectivity index (χ2n) is 14.8. The van der Waals surface area contributed by atoms with E-state index in [1.807, 2.05) is 6.92 Å². The molecule has 0 radical (unpaired) electrons. The largest absolute Gasteiger partial charge is 0.549 e. The van der Waals surface area contributed by atoms with Gasteiger partial charge in [-0.3, -0.25) is 0 Å². The Bertz CT molecular complexity index is 970. The number of aldehydes is 1. The Hall–Kier alpha value is -1.20. The second kappa shape index (κ2) is 7.43. The van der Waals surface area contributed by atoms with Gasteiger partial charge in [-0.15, -0.1) is 0 Å². The average Bonchev–Trinajstić information content (AvgIpc) is 2.76. The van der Waals surface area contributed by atoms with Crippen LogP contribution in [-0.2, 0) is 9.59 Å². The molecule has 5 nitrogen and oxygen atoms in total. The summed E-state index contributed by atoms with van der Waals surface area (Å²) in [7, 11) is 0. The van der Waals surface area contributed by atoms with E-state index in [4.69, 9.17) is 0 Å². The van der Waals surface area contributed by atoms with Crippen molar-refractivity contribution < 1.29 is 24.9 Å². The number of carbonyl (C=O) groups is 2. The summed E-state index contributed by atoms with van der Waals surface area (Å²) in [6.07, 6.45) is 8.48. The molecule has 0 amide bonds. The molecule has 196 valence electrons. The maximum Gasteiger partial charge on any atom is 0.128 e.